The van der Waals surface area contributed by atoms with Crippen LogP contribution in [0.3, 0.4) is 0 Å². The number of carboxylic acid groups (broad SMARTS) is 1. The van der Waals surface area contributed by atoms with Crippen LogP contribution >= 0.6 is 0 Å². The number of phenolic OH excluding ortho intramolecular Hbond substituents is 1. The van der Waals surface area contributed by atoms with Gasteiger partial charge in [-0.3, -0.25) is 0 Å². The standard InChI is InChI=1S/C18H16O4.C9H6O4.3C2H6/c1-2-20-18(19)17-10-14-8-9-15(11-16(14)22-17)21-12-13-6-4-3-5-7-13;10-6-2-1-5-3-8(9(11)12)13-7(5)4-6;3*1-2/h3-11H,2,12H2,1H3;1-4,10H,(H,11,12);3*1-2H3. The second-order valence-corrected chi connectivity index (χ2v) is 7.44. The number of rotatable bonds is 6. The van der Waals surface area contributed by atoms with E-state index in [1.807, 2.05) is 84.0 Å². The average Bonchev–Trinajstić information content (AvgIpc) is 3.64. The van der Waals surface area contributed by atoms with Gasteiger partial charge in [-0.1, -0.05) is 71.9 Å². The summed E-state index contributed by atoms with van der Waals surface area (Å²) in [5.41, 5.74) is 2.07. The number of carboxylic acids is 1. The van der Waals surface area contributed by atoms with Gasteiger partial charge in [0.2, 0.25) is 11.5 Å². The van der Waals surface area contributed by atoms with Crippen molar-refractivity contribution in [2.24, 2.45) is 0 Å². The maximum Gasteiger partial charge on any atom is 0.374 e. The van der Waals surface area contributed by atoms with Gasteiger partial charge in [0, 0.05) is 22.9 Å². The molecule has 0 aliphatic rings. The highest BCUT2D eigenvalue weighted by Crippen LogP contribution is 2.26. The zero-order chi connectivity index (χ0) is 30.8. The zero-order valence-corrected chi connectivity index (χ0v) is 24.8. The Morgan fingerprint density at radius 1 is 0.732 bits per heavy atom. The van der Waals surface area contributed by atoms with Crippen molar-refractivity contribution in [1.29, 1.82) is 0 Å². The zero-order valence-electron chi connectivity index (χ0n) is 24.8. The smallest absolute Gasteiger partial charge is 0.374 e. The summed E-state index contributed by atoms with van der Waals surface area (Å²) in [5, 5.41) is 19.2. The first-order valence-corrected chi connectivity index (χ1v) is 13.8. The predicted molar refractivity (Wildman–Crippen MR) is 162 cm³/mol. The van der Waals surface area contributed by atoms with Gasteiger partial charge in [0.25, 0.3) is 0 Å². The van der Waals surface area contributed by atoms with E-state index in [0.29, 0.717) is 35.5 Å². The SMILES string of the molecule is CC.CC.CC.CCOC(=O)c1cc2ccc(OCc3ccccc3)cc2o1.O=C(O)c1cc2ccc(O)cc2o1. The summed E-state index contributed by atoms with van der Waals surface area (Å²) in [4.78, 5) is 22.2. The molecule has 0 saturated carbocycles. The van der Waals surface area contributed by atoms with Crippen molar-refractivity contribution in [3.05, 3.63) is 95.9 Å². The number of carbonyl (C=O) groups is 2. The Balaban J connectivity index is 0.000000377. The second kappa shape index (κ2) is 18.5. The summed E-state index contributed by atoms with van der Waals surface area (Å²) < 4.78 is 21.1. The second-order valence-electron chi connectivity index (χ2n) is 7.44. The fourth-order valence-corrected chi connectivity index (χ4v) is 3.27. The third kappa shape index (κ3) is 10.4. The van der Waals surface area contributed by atoms with Crippen molar-refractivity contribution in [2.75, 3.05) is 6.61 Å². The van der Waals surface area contributed by atoms with Crippen LogP contribution in [-0.4, -0.2) is 28.8 Å². The molecule has 0 spiro atoms. The molecule has 0 atom stereocenters. The minimum atomic E-state index is -1.12. The molecular weight excluding hydrogens is 524 g/mol. The molecule has 8 heteroatoms. The molecule has 0 fully saturated rings. The quantitative estimate of drug-likeness (QED) is 0.196. The Hall–Kier alpha value is -4.72. The highest BCUT2D eigenvalue weighted by Gasteiger charge is 2.13. The van der Waals surface area contributed by atoms with Crippen LogP contribution in [0, 0.1) is 0 Å². The summed E-state index contributed by atoms with van der Waals surface area (Å²) in [6, 6.07) is 23.0. The van der Waals surface area contributed by atoms with E-state index in [4.69, 9.17) is 28.5 Å². The minimum absolute atomic E-state index is 0.0544. The van der Waals surface area contributed by atoms with Gasteiger partial charge < -0.3 is 28.5 Å². The molecule has 3 aromatic carbocycles. The molecule has 0 amide bonds. The molecule has 5 rings (SSSR count). The first-order chi connectivity index (χ1) is 19.9. The van der Waals surface area contributed by atoms with Gasteiger partial charge in [0.05, 0.1) is 6.61 Å². The van der Waals surface area contributed by atoms with Gasteiger partial charge in [0.15, 0.2) is 0 Å². The van der Waals surface area contributed by atoms with E-state index in [9.17, 15) is 9.59 Å². The van der Waals surface area contributed by atoms with Crippen molar-refractivity contribution in [2.45, 2.75) is 55.1 Å². The molecule has 220 valence electrons. The van der Waals surface area contributed by atoms with Gasteiger partial charge in [0.1, 0.15) is 29.3 Å². The van der Waals surface area contributed by atoms with Crippen LogP contribution < -0.4 is 4.74 Å². The first kappa shape index (κ1) is 34.3. The number of carbonyl (C=O) groups excluding carboxylic acids is 1. The number of esters is 1. The van der Waals surface area contributed by atoms with E-state index in [-0.39, 0.29) is 17.3 Å². The number of ether oxygens (including phenoxy) is 2. The predicted octanol–water partition coefficient (Wildman–Crippen LogP) is 9.10. The summed E-state index contributed by atoms with van der Waals surface area (Å²) in [5.74, 6) is -0.737. The van der Waals surface area contributed by atoms with E-state index < -0.39 is 11.9 Å². The van der Waals surface area contributed by atoms with Crippen molar-refractivity contribution in [3.8, 4) is 11.5 Å². The van der Waals surface area contributed by atoms with E-state index in [1.165, 1.54) is 18.2 Å². The highest BCUT2D eigenvalue weighted by molar-refractivity contribution is 5.93. The molecule has 2 heterocycles. The van der Waals surface area contributed by atoms with E-state index in [2.05, 4.69) is 0 Å². The Bertz CT molecular complexity index is 1460. The number of benzene rings is 3. The normalized spacial score (nSPS) is 9.44. The molecule has 5 aromatic rings. The lowest BCUT2D eigenvalue weighted by Gasteiger charge is -2.05. The summed E-state index contributed by atoms with van der Waals surface area (Å²) >= 11 is 0. The maximum atomic E-state index is 11.7. The number of furan rings is 2. The Kier molecular flexibility index (Phi) is 15.5. The van der Waals surface area contributed by atoms with Crippen LogP contribution in [0.5, 0.6) is 11.5 Å². The van der Waals surface area contributed by atoms with Gasteiger partial charge in [-0.2, -0.15) is 0 Å². The van der Waals surface area contributed by atoms with E-state index >= 15 is 0 Å². The van der Waals surface area contributed by atoms with Crippen LogP contribution in [0.2, 0.25) is 0 Å². The number of fused-ring (bicyclic) bond motifs is 2. The number of aromatic carboxylic acids is 1. The van der Waals surface area contributed by atoms with E-state index in [0.717, 1.165) is 10.9 Å². The number of aromatic hydroxyl groups is 1. The Labute approximate surface area is 241 Å². The third-order valence-corrected chi connectivity index (χ3v) is 4.93. The molecular formula is C33H40O8. The molecule has 8 nitrogen and oxygen atoms in total. The molecule has 0 saturated heterocycles. The minimum Gasteiger partial charge on any atom is -0.508 e. The van der Waals surface area contributed by atoms with Crippen molar-refractivity contribution in [3.63, 3.8) is 0 Å². The van der Waals surface area contributed by atoms with Crippen molar-refractivity contribution < 1.29 is 38.1 Å². The lowest BCUT2D eigenvalue weighted by atomic mass is 10.2. The van der Waals surface area contributed by atoms with Crippen LogP contribution in [0.1, 0.15) is 75.1 Å². The third-order valence-electron chi connectivity index (χ3n) is 4.93. The van der Waals surface area contributed by atoms with Gasteiger partial charge in [-0.05, 0) is 48.9 Å². The van der Waals surface area contributed by atoms with Crippen LogP contribution in [0.15, 0.2) is 87.7 Å². The highest BCUT2D eigenvalue weighted by atomic mass is 16.5. The lowest BCUT2D eigenvalue weighted by molar-refractivity contribution is 0.0492. The first-order valence-electron chi connectivity index (χ1n) is 13.8. The van der Waals surface area contributed by atoms with Gasteiger partial charge in [-0.25, -0.2) is 9.59 Å². The summed E-state index contributed by atoms with van der Waals surface area (Å²) in [6.45, 7) is 14.6. The Morgan fingerprint density at radius 3 is 1.90 bits per heavy atom. The average molecular weight is 565 g/mol. The van der Waals surface area contributed by atoms with Gasteiger partial charge >= 0.3 is 11.9 Å². The molecule has 0 unspecified atom stereocenters. The van der Waals surface area contributed by atoms with Crippen molar-refractivity contribution >= 4 is 33.9 Å². The van der Waals surface area contributed by atoms with E-state index in [1.54, 1.807) is 25.1 Å². The fourth-order valence-electron chi connectivity index (χ4n) is 3.27. The molecule has 0 aliphatic carbocycles. The summed E-state index contributed by atoms with van der Waals surface area (Å²) in [6.07, 6.45) is 0. The van der Waals surface area contributed by atoms with Gasteiger partial charge in [-0.15, -0.1) is 0 Å². The van der Waals surface area contributed by atoms with Crippen LogP contribution in [0.4, 0.5) is 0 Å². The molecule has 0 bridgehead atoms. The molecule has 0 radical (unpaired) electrons. The largest absolute Gasteiger partial charge is 0.508 e. The topological polar surface area (TPSA) is 119 Å². The molecule has 41 heavy (non-hydrogen) atoms. The number of hydrogen-bond acceptors (Lipinski definition) is 7. The van der Waals surface area contributed by atoms with Crippen molar-refractivity contribution in [1.82, 2.24) is 0 Å². The number of phenols is 1. The molecule has 0 aliphatic heterocycles. The van der Waals surface area contributed by atoms with Crippen LogP contribution in [0.25, 0.3) is 21.9 Å². The van der Waals surface area contributed by atoms with Crippen LogP contribution in [-0.2, 0) is 11.3 Å². The monoisotopic (exact) mass is 564 g/mol. The number of hydrogen-bond donors (Lipinski definition) is 2. The fraction of sp³-hybridized carbons (Fsp3) is 0.273. The lowest BCUT2D eigenvalue weighted by Crippen LogP contribution is -2.02. The maximum absolute atomic E-state index is 11.7. The molecule has 2 N–H and O–H groups in total. The molecule has 2 aromatic heterocycles. The summed E-state index contributed by atoms with van der Waals surface area (Å²) in [7, 11) is 0. The Morgan fingerprint density at radius 2 is 1.29 bits per heavy atom.